The first-order chi connectivity index (χ1) is 14.4. The molecule has 0 aliphatic carbocycles. The van der Waals surface area contributed by atoms with Crippen LogP contribution in [0.15, 0.2) is 51.5 Å². The average Bonchev–Trinajstić information content (AvgIpc) is 3.39. The Morgan fingerprint density at radius 2 is 2.00 bits per heavy atom. The van der Waals surface area contributed by atoms with Crippen LogP contribution in [0.5, 0.6) is 5.75 Å². The molecule has 1 fully saturated rings. The Kier molecular flexibility index (Phi) is 5.72. The van der Waals surface area contributed by atoms with Crippen molar-refractivity contribution >= 4 is 32.7 Å². The average molecular weight is 449 g/mol. The minimum absolute atomic E-state index is 0.186. The molecule has 0 bridgehead atoms. The van der Waals surface area contributed by atoms with Crippen molar-refractivity contribution in [1.29, 1.82) is 0 Å². The van der Waals surface area contributed by atoms with E-state index in [1.165, 1.54) is 13.5 Å². The molecule has 2 atom stereocenters. The van der Waals surface area contributed by atoms with E-state index < -0.39 is 10.0 Å². The standard InChI is InChI=1S/C20H24N4O4S2/c1-13-10-24(11-14(2)22-13)15-4-5-17(27-3)16(8-15)23-30(25,26)20-7-6-19(29-20)18-9-21-12-28-18/h4-9,12-14,22-23H,10-11H2,1-3H3/t13-,14+. The second kappa shape index (κ2) is 8.29. The summed E-state index contributed by atoms with van der Waals surface area (Å²) in [5.74, 6) is 0.994. The van der Waals surface area contributed by atoms with Crippen LogP contribution in [0.4, 0.5) is 11.4 Å². The van der Waals surface area contributed by atoms with Gasteiger partial charge < -0.3 is 19.4 Å². The number of nitrogens with one attached hydrogen (secondary N) is 2. The van der Waals surface area contributed by atoms with Crippen molar-refractivity contribution in [3.8, 4) is 16.4 Å². The number of aromatic nitrogens is 1. The lowest BCUT2D eigenvalue weighted by molar-refractivity contribution is 0.406. The second-order valence-corrected chi connectivity index (χ2v) is 10.3. The van der Waals surface area contributed by atoms with Crippen LogP contribution in [-0.4, -0.2) is 45.7 Å². The molecule has 2 aromatic heterocycles. The van der Waals surface area contributed by atoms with Gasteiger partial charge in [0, 0.05) is 30.9 Å². The summed E-state index contributed by atoms with van der Waals surface area (Å²) in [7, 11) is -2.27. The van der Waals surface area contributed by atoms with Crippen LogP contribution in [0, 0.1) is 0 Å². The van der Waals surface area contributed by atoms with Gasteiger partial charge in [-0.15, -0.1) is 11.3 Å². The van der Waals surface area contributed by atoms with Crippen molar-refractivity contribution in [2.75, 3.05) is 29.8 Å². The van der Waals surface area contributed by atoms with Crippen LogP contribution in [0.25, 0.3) is 10.6 Å². The highest BCUT2D eigenvalue weighted by Gasteiger charge is 2.24. The number of anilines is 2. The van der Waals surface area contributed by atoms with E-state index in [1.807, 2.05) is 12.1 Å². The summed E-state index contributed by atoms with van der Waals surface area (Å²) >= 11 is 1.12. The van der Waals surface area contributed by atoms with E-state index in [1.54, 1.807) is 24.4 Å². The van der Waals surface area contributed by atoms with E-state index >= 15 is 0 Å². The second-order valence-electron chi connectivity index (χ2n) is 7.35. The molecule has 0 saturated carbocycles. The predicted molar refractivity (Wildman–Crippen MR) is 118 cm³/mol. The zero-order valence-electron chi connectivity index (χ0n) is 17.0. The molecular weight excluding hydrogens is 424 g/mol. The first-order valence-electron chi connectivity index (χ1n) is 9.56. The SMILES string of the molecule is COc1ccc(N2C[C@@H](C)N[C@@H](C)C2)cc1NS(=O)(=O)c1ccc(-c2cnco2)s1. The highest BCUT2D eigenvalue weighted by atomic mass is 32.2. The first-order valence-corrected chi connectivity index (χ1v) is 11.9. The van der Waals surface area contributed by atoms with Gasteiger partial charge in [0.2, 0.25) is 0 Å². The van der Waals surface area contributed by atoms with Gasteiger partial charge in [0.15, 0.2) is 12.2 Å². The molecule has 3 heterocycles. The van der Waals surface area contributed by atoms with Gasteiger partial charge in [-0.25, -0.2) is 13.4 Å². The Morgan fingerprint density at radius 3 is 2.67 bits per heavy atom. The van der Waals surface area contributed by atoms with Crippen molar-refractivity contribution in [2.24, 2.45) is 0 Å². The molecule has 4 rings (SSSR count). The summed E-state index contributed by atoms with van der Waals surface area (Å²) < 4.78 is 39.6. The zero-order valence-corrected chi connectivity index (χ0v) is 18.6. The van der Waals surface area contributed by atoms with Crippen molar-refractivity contribution in [3.05, 3.63) is 42.9 Å². The third-order valence-corrected chi connectivity index (χ3v) is 7.83. The molecule has 3 aromatic rings. The fourth-order valence-electron chi connectivity index (χ4n) is 3.64. The summed E-state index contributed by atoms with van der Waals surface area (Å²) in [4.78, 5) is 6.81. The van der Waals surface area contributed by atoms with Crippen molar-refractivity contribution in [1.82, 2.24) is 10.3 Å². The fourth-order valence-corrected chi connectivity index (χ4v) is 5.96. The molecule has 160 valence electrons. The van der Waals surface area contributed by atoms with E-state index in [0.717, 1.165) is 30.1 Å². The molecule has 30 heavy (non-hydrogen) atoms. The van der Waals surface area contributed by atoms with Gasteiger partial charge in [0.25, 0.3) is 10.0 Å². The van der Waals surface area contributed by atoms with Gasteiger partial charge in [0.1, 0.15) is 9.96 Å². The Balaban J connectivity index is 1.61. The molecule has 1 aliphatic heterocycles. The number of piperazine rings is 1. The molecule has 10 heteroatoms. The first kappa shape index (κ1) is 20.7. The maximum Gasteiger partial charge on any atom is 0.271 e. The van der Waals surface area contributed by atoms with Crippen molar-refractivity contribution < 1.29 is 17.6 Å². The Labute approximate surface area is 179 Å². The van der Waals surface area contributed by atoms with E-state index in [0.29, 0.717) is 34.2 Å². The van der Waals surface area contributed by atoms with E-state index in [4.69, 9.17) is 9.15 Å². The Hall–Kier alpha value is -2.56. The Bertz CT molecular complexity index is 1100. The van der Waals surface area contributed by atoms with Gasteiger partial charge in [-0.2, -0.15) is 0 Å². The number of rotatable bonds is 6. The maximum atomic E-state index is 13.0. The Morgan fingerprint density at radius 1 is 1.23 bits per heavy atom. The number of hydrogen-bond acceptors (Lipinski definition) is 8. The number of sulfonamides is 1. The van der Waals surface area contributed by atoms with Gasteiger partial charge in [-0.3, -0.25) is 4.72 Å². The maximum absolute atomic E-state index is 13.0. The number of nitrogens with zero attached hydrogens (tertiary/aromatic N) is 2. The molecular formula is C20H24N4O4S2. The van der Waals surface area contributed by atoms with Crippen LogP contribution < -0.4 is 19.7 Å². The summed E-state index contributed by atoms with van der Waals surface area (Å²) in [5, 5.41) is 3.50. The number of benzene rings is 1. The highest BCUT2D eigenvalue weighted by molar-refractivity contribution is 7.94. The van der Waals surface area contributed by atoms with Crippen molar-refractivity contribution in [3.63, 3.8) is 0 Å². The summed E-state index contributed by atoms with van der Waals surface area (Å²) in [6.07, 6.45) is 2.87. The number of thiophene rings is 1. The van der Waals surface area contributed by atoms with E-state index in [-0.39, 0.29) is 4.21 Å². The van der Waals surface area contributed by atoms with Gasteiger partial charge >= 0.3 is 0 Å². The lowest BCUT2D eigenvalue weighted by Crippen LogP contribution is -2.54. The van der Waals surface area contributed by atoms with Gasteiger partial charge in [-0.05, 0) is 44.2 Å². The van der Waals surface area contributed by atoms with Crippen LogP contribution in [0.3, 0.4) is 0 Å². The van der Waals surface area contributed by atoms with Crippen LogP contribution >= 0.6 is 11.3 Å². The number of hydrogen-bond donors (Lipinski definition) is 2. The lowest BCUT2D eigenvalue weighted by Gasteiger charge is -2.38. The minimum atomic E-state index is -3.79. The monoisotopic (exact) mass is 448 g/mol. The fraction of sp³-hybridized carbons (Fsp3) is 0.350. The topological polar surface area (TPSA) is 96.7 Å². The number of ether oxygens (including phenoxy) is 1. The number of methoxy groups -OCH3 is 1. The van der Waals surface area contributed by atoms with Crippen LogP contribution in [0.1, 0.15) is 13.8 Å². The van der Waals surface area contributed by atoms with E-state index in [2.05, 4.69) is 33.8 Å². The summed E-state index contributed by atoms with van der Waals surface area (Å²) in [6, 6.07) is 9.52. The molecule has 1 saturated heterocycles. The highest BCUT2D eigenvalue weighted by Crippen LogP contribution is 2.35. The molecule has 0 unspecified atom stereocenters. The van der Waals surface area contributed by atoms with Gasteiger partial charge in [0.05, 0.1) is 23.9 Å². The molecule has 0 amide bonds. The van der Waals surface area contributed by atoms with Gasteiger partial charge in [-0.1, -0.05) is 0 Å². The number of oxazole rings is 1. The normalized spacial score (nSPS) is 19.6. The largest absolute Gasteiger partial charge is 0.495 e. The lowest BCUT2D eigenvalue weighted by atomic mass is 10.1. The predicted octanol–water partition coefficient (Wildman–Crippen LogP) is 3.40. The van der Waals surface area contributed by atoms with E-state index in [9.17, 15) is 8.42 Å². The van der Waals surface area contributed by atoms with Crippen LogP contribution in [-0.2, 0) is 10.0 Å². The third-order valence-electron chi connectivity index (χ3n) is 4.87. The quantitative estimate of drug-likeness (QED) is 0.597. The minimum Gasteiger partial charge on any atom is -0.495 e. The molecule has 1 aromatic carbocycles. The zero-order chi connectivity index (χ0) is 21.3. The molecule has 2 N–H and O–H groups in total. The van der Waals surface area contributed by atoms with Crippen LogP contribution in [0.2, 0.25) is 0 Å². The summed E-state index contributed by atoms with van der Waals surface area (Å²) in [5.41, 5.74) is 1.35. The third kappa shape index (κ3) is 4.30. The molecule has 0 radical (unpaired) electrons. The van der Waals surface area contributed by atoms with Crippen molar-refractivity contribution in [2.45, 2.75) is 30.1 Å². The molecule has 1 aliphatic rings. The molecule has 8 nitrogen and oxygen atoms in total. The molecule has 0 spiro atoms. The smallest absolute Gasteiger partial charge is 0.271 e. The summed E-state index contributed by atoms with van der Waals surface area (Å²) in [6.45, 7) is 5.96.